The van der Waals surface area contributed by atoms with E-state index in [1.807, 2.05) is 11.0 Å². The second-order valence-corrected chi connectivity index (χ2v) is 7.11. The van der Waals surface area contributed by atoms with E-state index in [1.165, 1.54) is 4.90 Å². The summed E-state index contributed by atoms with van der Waals surface area (Å²) in [6.45, 7) is 1.68. The Morgan fingerprint density at radius 1 is 1.03 bits per heavy atom. The topological polar surface area (TPSA) is 76.0 Å². The van der Waals surface area contributed by atoms with Crippen LogP contribution in [0.5, 0.6) is 0 Å². The molecular formula is C22H18F3N5O. The van der Waals surface area contributed by atoms with Crippen LogP contribution in [0.15, 0.2) is 54.6 Å². The van der Waals surface area contributed by atoms with Gasteiger partial charge in [-0.3, -0.25) is 4.79 Å². The first-order valence-corrected chi connectivity index (χ1v) is 9.64. The first-order valence-electron chi connectivity index (χ1n) is 9.64. The number of hydrogen-bond acceptors (Lipinski definition) is 4. The molecule has 6 nitrogen and oxygen atoms in total. The summed E-state index contributed by atoms with van der Waals surface area (Å²) in [5.74, 6) is -1.71. The molecule has 1 fully saturated rings. The third-order valence-electron chi connectivity index (χ3n) is 5.14. The van der Waals surface area contributed by atoms with E-state index in [2.05, 4.69) is 16.0 Å². The number of hydrogen-bond donors (Lipinski definition) is 1. The zero-order chi connectivity index (χ0) is 22.0. The third-order valence-corrected chi connectivity index (χ3v) is 5.14. The Bertz CT molecular complexity index is 1130. The summed E-state index contributed by atoms with van der Waals surface area (Å²) in [4.78, 5) is 22.5. The standard InChI is InChI=1S/C22H18F3N5O/c23-22(24,25)21-27-18(16-6-2-1-3-7-16)19(28-21)20(31)30-11-9-29(10-12-30)17-8-4-5-15(13-17)14-26/h1-8,13H,9-12H2,(H,27,28). The molecule has 158 valence electrons. The lowest BCUT2D eigenvalue weighted by Gasteiger charge is -2.36. The number of rotatable bonds is 3. The van der Waals surface area contributed by atoms with Gasteiger partial charge in [0.1, 0.15) is 11.4 Å². The van der Waals surface area contributed by atoms with Gasteiger partial charge in [0, 0.05) is 37.4 Å². The molecule has 2 aromatic carbocycles. The van der Waals surface area contributed by atoms with Crippen LogP contribution in [0.3, 0.4) is 0 Å². The van der Waals surface area contributed by atoms with Gasteiger partial charge in [-0.25, -0.2) is 4.98 Å². The highest BCUT2D eigenvalue weighted by Crippen LogP contribution is 2.32. The molecule has 2 heterocycles. The lowest BCUT2D eigenvalue weighted by Crippen LogP contribution is -2.49. The molecule has 1 N–H and O–H groups in total. The Morgan fingerprint density at radius 2 is 1.74 bits per heavy atom. The molecule has 4 rings (SSSR count). The molecule has 9 heteroatoms. The van der Waals surface area contributed by atoms with Gasteiger partial charge in [0.2, 0.25) is 5.82 Å². The maximum atomic E-state index is 13.3. The number of amides is 1. The van der Waals surface area contributed by atoms with E-state index in [0.717, 1.165) is 5.69 Å². The SMILES string of the molecule is N#Cc1cccc(N2CCN(C(=O)c3[nH]c(C(F)(F)F)nc3-c3ccccc3)CC2)c1. The zero-order valence-electron chi connectivity index (χ0n) is 16.4. The maximum absolute atomic E-state index is 13.3. The summed E-state index contributed by atoms with van der Waals surface area (Å²) in [5, 5.41) is 9.07. The molecule has 1 saturated heterocycles. The van der Waals surface area contributed by atoms with Crippen LogP contribution in [-0.2, 0) is 6.18 Å². The monoisotopic (exact) mass is 425 g/mol. The van der Waals surface area contributed by atoms with Gasteiger partial charge in [-0.15, -0.1) is 0 Å². The molecule has 1 aromatic heterocycles. The minimum atomic E-state index is -4.69. The molecular weight excluding hydrogens is 407 g/mol. The lowest BCUT2D eigenvalue weighted by atomic mass is 10.1. The highest BCUT2D eigenvalue weighted by atomic mass is 19.4. The van der Waals surface area contributed by atoms with Gasteiger partial charge in [-0.2, -0.15) is 18.4 Å². The largest absolute Gasteiger partial charge is 0.449 e. The molecule has 0 atom stereocenters. The van der Waals surface area contributed by atoms with E-state index in [9.17, 15) is 18.0 Å². The van der Waals surface area contributed by atoms with Crippen LogP contribution < -0.4 is 4.90 Å². The van der Waals surface area contributed by atoms with E-state index < -0.39 is 17.9 Å². The quantitative estimate of drug-likeness (QED) is 0.690. The molecule has 1 aliphatic heterocycles. The van der Waals surface area contributed by atoms with Crippen LogP contribution >= 0.6 is 0 Å². The molecule has 0 aliphatic carbocycles. The molecule has 0 spiro atoms. The van der Waals surface area contributed by atoms with Crippen molar-refractivity contribution >= 4 is 11.6 Å². The van der Waals surface area contributed by atoms with Gasteiger partial charge in [0.15, 0.2) is 0 Å². The Labute approximate surface area is 176 Å². The lowest BCUT2D eigenvalue weighted by molar-refractivity contribution is -0.144. The number of aromatic amines is 1. The molecule has 0 radical (unpaired) electrons. The number of halogens is 3. The Morgan fingerprint density at radius 3 is 2.39 bits per heavy atom. The number of anilines is 1. The van der Waals surface area contributed by atoms with Crippen molar-refractivity contribution < 1.29 is 18.0 Å². The van der Waals surface area contributed by atoms with Crippen LogP contribution in [0, 0.1) is 11.3 Å². The van der Waals surface area contributed by atoms with E-state index in [-0.39, 0.29) is 11.4 Å². The fourth-order valence-corrected chi connectivity index (χ4v) is 3.57. The van der Waals surface area contributed by atoms with Crippen molar-refractivity contribution in [3.63, 3.8) is 0 Å². The average Bonchev–Trinajstić information content (AvgIpc) is 3.25. The van der Waals surface area contributed by atoms with Gasteiger partial charge < -0.3 is 14.8 Å². The third kappa shape index (κ3) is 4.23. The number of H-pyrrole nitrogens is 1. The second-order valence-electron chi connectivity index (χ2n) is 7.11. The summed E-state index contributed by atoms with van der Waals surface area (Å²) in [6.07, 6.45) is -4.69. The van der Waals surface area contributed by atoms with Crippen LogP contribution in [-0.4, -0.2) is 47.0 Å². The van der Waals surface area contributed by atoms with Crippen molar-refractivity contribution in [2.75, 3.05) is 31.1 Å². The van der Waals surface area contributed by atoms with E-state index >= 15 is 0 Å². The van der Waals surface area contributed by atoms with Gasteiger partial charge in [0.05, 0.1) is 11.6 Å². The average molecular weight is 425 g/mol. The molecule has 1 amide bonds. The van der Waals surface area contributed by atoms with E-state index in [1.54, 1.807) is 48.5 Å². The maximum Gasteiger partial charge on any atom is 0.449 e. The van der Waals surface area contributed by atoms with Crippen LogP contribution in [0.25, 0.3) is 11.3 Å². The Balaban J connectivity index is 1.56. The number of carbonyl (C=O) groups excluding carboxylic acids is 1. The number of benzene rings is 2. The smallest absolute Gasteiger partial charge is 0.368 e. The van der Waals surface area contributed by atoms with Crippen molar-refractivity contribution in [2.45, 2.75) is 6.18 Å². The van der Waals surface area contributed by atoms with Crippen molar-refractivity contribution in [3.8, 4) is 17.3 Å². The number of alkyl halides is 3. The first kappa shape index (κ1) is 20.5. The summed E-state index contributed by atoms with van der Waals surface area (Å²) in [5.41, 5.74) is 1.67. The molecule has 31 heavy (non-hydrogen) atoms. The Kier molecular flexibility index (Phi) is 5.38. The highest BCUT2D eigenvalue weighted by molar-refractivity contribution is 5.98. The predicted octanol–water partition coefficient (Wildman–Crippen LogP) is 3.93. The number of imidazole rings is 1. The van der Waals surface area contributed by atoms with Crippen LogP contribution in [0.2, 0.25) is 0 Å². The summed E-state index contributed by atoms with van der Waals surface area (Å²) in [7, 11) is 0. The molecule has 3 aromatic rings. The van der Waals surface area contributed by atoms with Crippen molar-refractivity contribution in [1.29, 1.82) is 5.26 Å². The molecule has 0 unspecified atom stereocenters. The number of nitrogens with zero attached hydrogens (tertiary/aromatic N) is 4. The minimum Gasteiger partial charge on any atom is -0.368 e. The molecule has 0 bridgehead atoms. The fourth-order valence-electron chi connectivity index (χ4n) is 3.57. The number of nitriles is 1. The van der Waals surface area contributed by atoms with Crippen LogP contribution in [0.1, 0.15) is 21.9 Å². The number of carbonyl (C=O) groups is 1. The molecule has 1 aliphatic rings. The Hall–Kier alpha value is -3.80. The predicted molar refractivity (Wildman–Crippen MR) is 108 cm³/mol. The van der Waals surface area contributed by atoms with Gasteiger partial charge in [-0.05, 0) is 18.2 Å². The zero-order valence-corrected chi connectivity index (χ0v) is 16.4. The van der Waals surface area contributed by atoms with Crippen molar-refractivity contribution in [3.05, 3.63) is 71.7 Å². The number of aromatic nitrogens is 2. The minimum absolute atomic E-state index is 0.0120. The van der Waals surface area contributed by atoms with Gasteiger partial charge in [-0.1, -0.05) is 36.4 Å². The van der Waals surface area contributed by atoms with Gasteiger partial charge >= 0.3 is 6.18 Å². The van der Waals surface area contributed by atoms with E-state index in [4.69, 9.17) is 5.26 Å². The summed E-state index contributed by atoms with van der Waals surface area (Å²) in [6, 6.07) is 17.6. The fraction of sp³-hybridized carbons (Fsp3) is 0.227. The summed E-state index contributed by atoms with van der Waals surface area (Å²) < 4.78 is 39.8. The molecule has 0 saturated carbocycles. The van der Waals surface area contributed by atoms with Crippen LogP contribution in [0.4, 0.5) is 18.9 Å². The normalized spacial score (nSPS) is 14.4. The number of piperazine rings is 1. The van der Waals surface area contributed by atoms with E-state index in [0.29, 0.717) is 37.3 Å². The second kappa shape index (κ2) is 8.14. The van der Waals surface area contributed by atoms with Gasteiger partial charge in [0.25, 0.3) is 5.91 Å². The first-order chi connectivity index (χ1) is 14.9. The summed E-state index contributed by atoms with van der Waals surface area (Å²) >= 11 is 0. The van der Waals surface area contributed by atoms with Crippen molar-refractivity contribution in [1.82, 2.24) is 14.9 Å². The van der Waals surface area contributed by atoms with Crippen molar-refractivity contribution in [2.24, 2.45) is 0 Å². The number of nitrogens with one attached hydrogen (secondary N) is 1. The highest BCUT2D eigenvalue weighted by Gasteiger charge is 2.38.